The standard InChI is InChI=1S/C13H17N3OS/c1-3-11-4-5-12(18-11)13(16-14)9-6-10(17-2)8-15-7-9/h4-8,13,16H,3,14H2,1-2H3. The lowest BCUT2D eigenvalue weighted by molar-refractivity contribution is 0.411. The SMILES string of the molecule is CCc1ccc(C(NN)c2cncc(OC)c2)s1. The minimum absolute atomic E-state index is 0.0436. The molecule has 4 nitrogen and oxygen atoms in total. The van der Waals surface area contributed by atoms with Crippen LogP contribution in [0, 0.1) is 0 Å². The van der Waals surface area contributed by atoms with Crippen LogP contribution in [0.1, 0.15) is 28.3 Å². The summed E-state index contributed by atoms with van der Waals surface area (Å²) in [7, 11) is 1.63. The van der Waals surface area contributed by atoms with Crippen molar-refractivity contribution in [2.75, 3.05) is 7.11 Å². The van der Waals surface area contributed by atoms with Gasteiger partial charge in [-0.25, -0.2) is 5.43 Å². The number of nitrogens with two attached hydrogens (primary N) is 1. The molecule has 0 bridgehead atoms. The fourth-order valence-corrected chi connectivity index (χ4v) is 2.83. The Morgan fingerprint density at radius 1 is 1.44 bits per heavy atom. The number of aromatic nitrogens is 1. The van der Waals surface area contributed by atoms with Crippen LogP contribution in [0.5, 0.6) is 5.75 Å². The highest BCUT2D eigenvalue weighted by atomic mass is 32.1. The van der Waals surface area contributed by atoms with Crippen LogP contribution < -0.4 is 16.0 Å². The number of nitrogens with one attached hydrogen (secondary N) is 1. The molecule has 0 saturated carbocycles. The molecule has 0 radical (unpaired) electrons. The lowest BCUT2D eigenvalue weighted by atomic mass is 10.1. The minimum atomic E-state index is -0.0436. The predicted octanol–water partition coefficient (Wildman–Crippen LogP) is 2.27. The van der Waals surface area contributed by atoms with Gasteiger partial charge in [-0.05, 0) is 30.2 Å². The molecule has 0 aliphatic heterocycles. The van der Waals surface area contributed by atoms with E-state index < -0.39 is 0 Å². The van der Waals surface area contributed by atoms with E-state index in [-0.39, 0.29) is 6.04 Å². The van der Waals surface area contributed by atoms with Crippen molar-refractivity contribution in [1.82, 2.24) is 10.4 Å². The van der Waals surface area contributed by atoms with E-state index in [9.17, 15) is 0 Å². The smallest absolute Gasteiger partial charge is 0.137 e. The maximum atomic E-state index is 5.67. The van der Waals surface area contributed by atoms with Crippen LogP contribution in [-0.4, -0.2) is 12.1 Å². The number of nitrogens with zero attached hydrogens (tertiary/aromatic N) is 1. The number of thiophene rings is 1. The topological polar surface area (TPSA) is 60.2 Å². The fourth-order valence-electron chi connectivity index (χ4n) is 1.79. The van der Waals surface area contributed by atoms with Crippen molar-refractivity contribution in [3.05, 3.63) is 45.9 Å². The molecule has 0 amide bonds. The van der Waals surface area contributed by atoms with Crippen LogP contribution in [0.25, 0.3) is 0 Å². The van der Waals surface area contributed by atoms with Gasteiger partial charge in [-0.3, -0.25) is 10.8 Å². The molecule has 0 aliphatic carbocycles. The van der Waals surface area contributed by atoms with E-state index in [1.54, 1.807) is 30.8 Å². The number of hydrogen-bond acceptors (Lipinski definition) is 5. The minimum Gasteiger partial charge on any atom is -0.495 e. The zero-order valence-electron chi connectivity index (χ0n) is 10.5. The van der Waals surface area contributed by atoms with Crippen LogP contribution >= 0.6 is 11.3 Å². The Hall–Kier alpha value is -1.43. The van der Waals surface area contributed by atoms with E-state index in [0.29, 0.717) is 0 Å². The highest BCUT2D eigenvalue weighted by Crippen LogP contribution is 2.29. The number of hydrazine groups is 1. The maximum Gasteiger partial charge on any atom is 0.137 e. The van der Waals surface area contributed by atoms with Gasteiger partial charge in [-0.15, -0.1) is 11.3 Å². The third kappa shape index (κ3) is 2.69. The summed E-state index contributed by atoms with van der Waals surface area (Å²) in [6.07, 6.45) is 4.53. The van der Waals surface area contributed by atoms with Gasteiger partial charge >= 0.3 is 0 Å². The van der Waals surface area contributed by atoms with E-state index in [2.05, 4.69) is 29.5 Å². The van der Waals surface area contributed by atoms with Crippen molar-refractivity contribution < 1.29 is 4.74 Å². The van der Waals surface area contributed by atoms with E-state index >= 15 is 0 Å². The Morgan fingerprint density at radius 3 is 2.89 bits per heavy atom. The van der Waals surface area contributed by atoms with Crippen LogP contribution in [0.4, 0.5) is 0 Å². The Kier molecular flexibility index (Phi) is 4.30. The molecule has 5 heteroatoms. The van der Waals surface area contributed by atoms with Gasteiger partial charge in [0, 0.05) is 16.0 Å². The van der Waals surface area contributed by atoms with E-state index in [1.165, 1.54) is 9.75 Å². The molecular formula is C13H17N3OS. The van der Waals surface area contributed by atoms with Crippen LogP contribution in [0.15, 0.2) is 30.6 Å². The number of pyridine rings is 1. The molecule has 2 heterocycles. The molecule has 2 rings (SSSR count). The third-order valence-corrected chi connectivity index (χ3v) is 4.08. The highest BCUT2D eigenvalue weighted by Gasteiger charge is 2.15. The molecule has 2 aromatic heterocycles. The fraction of sp³-hybridized carbons (Fsp3) is 0.308. The first-order valence-corrected chi connectivity index (χ1v) is 6.63. The quantitative estimate of drug-likeness (QED) is 0.642. The summed E-state index contributed by atoms with van der Waals surface area (Å²) in [5.74, 6) is 6.40. The van der Waals surface area contributed by atoms with Crippen LogP contribution in [0.3, 0.4) is 0 Å². The third-order valence-electron chi connectivity index (χ3n) is 2.79. The first-order chi connectivity index (χ1) is 8.78. The lowest BCUT2D eigenvalue weighted by Gasteiger charge is -2.14. The second-order valence-electron chi connectivity index (χ2n) is 3.92. The largest absolute Gasteiger partial charge is 0.495 e. The molecule has 18 heavy (non-hydrogen) atoms. The van der Waals surface area contributed by atoms with Gasteiger partial charge in [0.1, 0.15) is 5.75 Å². The van der Waals surface area contributed by atoms with Gasteiger partial charge in [-0.1, -0.05) is 6.92 Å². The Balaban J connectivity index is 2.32. The monoisotopic (exact) mass is 263 g/mol. The summed E-state index contributed by atoms with van der Waals surface area (Å²) in [6, 6.07) is 6.15. The zero-order chi connectivity index (χ0) is 13.0. The zero-order valence-corrected chi connectivity index (χ0v) is 11.3. The molecule has 0 spiro atoms. The number of rotatable bonds is 5. The van der Waals surface area contributed by atoms with Crippen molar-refractivity contribution in [3.63, 3.8) is 0 Å². The lowest BCUT2D eigenvalue weighted by Crippen LogP contribution is -2.28. The molecule has 3 N–H and O–H groups in total. The average Bonchev–Trinajstić information content (AvgIpc) is 2.88. The van der Waals surface area contributed by atoms with Gasteiger partial charge in [0.05, 0.1) is 19.3 Å². The van der Waals surface area contributed by atoms with Gasteiger partial charge in [0.25, 0.3) is 0 Å². The molecule has 0 aromatic carbocycles. The van der Waals surface area contributed by atoms with Gasteiger partial charge < -0.3 is 4.74 Å². The van der Waals surface area contributed by atoms with Crippen molar-refractivity contribution in [3.8, 4) is 5.75 Å². The Bertz CT molecular complexity index is 512. The Labute approximate surface area is 111 Å². The van der Waals surface area contributed by atoms with Crippen LogP contribution in [0.2, 0.25) is 0 Å². The van der Waals surface area contributed by atoms with Crippen LogP contribution in [-0.2, 0) is 6.42 Å². The molecule has 2 aromatic rings. The molecule has 96 valence electrons. The predicted molar refractivity (Wildman–Crippen MR) is 73.7 cm³/mol. The number of hydrogen-bond donors (Lipinski definition) is 2. The summed E-state index contributed by atoms with van der Waals surface area (Å²) < 4.78 is 5.18. The van der Waals surface area contributed by atoms with E-state index in [1.807, 2.05) is 6.07 Å². The summed E-state index contributed by atoms with van der Waals surface area (Å²) >= 11 is 1.76. The molecule has 0 fully saturated rings. The summed E-state index contributed by atoms with van der Waals surface area (Å²) in [5, 5.41) is 0. The molecule has 0 saturated heterocycles. The second kappa shape index (κ2) is 5.95. The normalized spacial score (nSPS) is 12.4. The van der Waals surface area contributed by atoms with Crippen molar-refractivity contribution in [2.45, 2.75) is 19.4 Å². The average molecular weight is 263 g/mol. The molecule has 1 unspecified atom stereocenters. The summed E-state index contributed by atoms with van der Waals surface area (Å²) in [5.41, 5.74) is 3.84. The maximum absolute atomic E-state index is 5.67. The van der Waals surface area contributed by atoms with Crippen molar-refractivity contribution >= 4 is 11.3 Å². The molecule has 1 atom stereocenters. The van der Waals surface area contributed by atoms with Gasteiger partial charge in [-0.2, -0.15) is 0 Å². The van der Waals surface area contributed by atoms with Crippen molar-refractivity contribution in [1.29, 1.82) is 0 Å². The Morgan fingerprint density at radius 2 is 2.28 bits per heavy atom. The first-order valence-electron chi connectivity index (χ1n) is 5.82. The number of methoxy groups -OCH3 is 1. The first kappa shape index (κ1) is 13.0. The van der Waals surface area contributed by atoms with Gasteiger partial charge in [0.15, 0.2) is 0 Å². The van der Waals surface area contributed by atoms with E-state index in [4.69, 9.17) is 10.6 Å². The number of aryl methyl sites for hydroxylation is 1. The molecular weight excluding hydrogens is 246 g/mol. The summed E-state index contributed by atoms with van der Waals surface area (Å²) in [6.45, 7) is 2.15. The van der Waals surface area contributed by atoms with E-state index in [0.717, 1.165) is 17.7 Å². The van der Waals surface area contributed by atoms with Crippen molar-refractivity contribution in [2.24, 2.45) is 5.84 Å². The van der Waals surface area contributed by atoms with Gasteiger partial charge in [0.2, 0.25) is 0 Å². The number of ether oxygens (including phenoxy) is 1. The molecule has 0 aliphatic rings. The summed E-state index contributed by atoms with van der Waals surface area (Å²) in [4.78, 5) is 6.69. The second-order valence-corrected chi connectivity index (χ2v) is 5.12. The highest BCUT2D eigenvalue weighted by molar-refractivity contribution is 7.12.